The number of nitrogens with zero attached hydrogens (tertiary/aromatic N) is 4. The van der Waals surface area contributed by atoms with Gasteiger partial charge in [0.2, 0.25) is 0 Å². The van der Waals surface area contributed by atoms with E-state index in [9.17, 15) is 14.7 Å². The number of nitrogens with one attached hydrogen (secondary N) is 1. The molecule has 1 amide bonds. The first kappa shape index (κ1) is 20.7. The molecule has 0 atom stereocenters. The molecule has 168 valence electrons. The molecule has 1 aliphatic heterocycles. The Labute approximate surface area is 189 Å². The van der Waals surface area contributed by atoms with Crippen LogP contribution in [-0.4, -0.2) is 56.3 Å². The SMILES string of the molecule is O=C(O)CNC(=O)c1c(O)c2ccc(N3CCC(c4ccccc4)CC3)cc2c2ncnn12. The summed E-state index contributed by atoms with van der Waals surface area (Å²) in [4.78, 5) is 30.0. The van der Waals surface area contributed by atoms with Crippen LogP contribution in [0.2, 0.25) is 0 Å². The molecule has 0 unspecified atom stereocenters. The zero-order chi connectivity index (χ0) is 22.9. The molecular formula is C24H23N5O4. The Balaban J connectivity index is 1.46. The Hall–Kier alpha value is -4.14. The van der Waals surface area contributed by atoms with Crippen molar-refractivity contribution in [1.29, 1.82) is 0 Å². The summed E-state index contributed by atoms with van der Waals surface area (Å²) in [5.41, 5.74) is 2.66. The van der Waals surface area contributed by atoms with Gasteiger partial charge in [0, 0.05) is 29.5 Å². The van der Waals surface area contributed by atoms with Gasteiger partial charge in [-0.3, -0.25) is 9.59 Å². The predicted molar refractivity (Wildman–Crippen MR) is 123 cm³/mol. The summed E-state index contributed by atoms with van der Waals surface area (Å²) in [7, 11) is 0. The monoisotopic (exact) mass is 445 g/mol. The lowest BCUT2D eigenvalue weighted by atomic mass is 9.89. The molecule has 1 aliphatic rings. The molecule has 2 aromatic heterocycles. The number of pyridine rings is 1. The molecule has 2 aromatic carbocycles. The van der Waals surface area contributed by atoms with E-state index in [-0.39, 0.29) is 11.4 Å². The minimum absolute atomic E-state index is 0.146. The normalized spacial score (nSPS) is 14.6. The first-order chi connectivity index (χ1) is 16.0. The van der Waals surface area contributed by atoms with E-state index in [1.165, 1.54) is 16.4 Å². The highest BCUT2D eigenvalue weighted by molar-refractivity contribution is 6.07. The van der Waals surface area contributed by atoms with Crippen LogP contribution >= 0.6 is 0 Å². The number of aromatic hydroxyl groups is 1. The summed E-state index contributed by atoms with van der Waals surface area (Å²) in [6.45, 7) is 1.26. The fourth-order valence-electron chi connectivity index (χ4n) is 4.58. The summed E-state index contributed by atoms with van der Waals surface area (Å²) in [6.07, 6.45) is 3.41. The molecule has 9 heteroatoms. The van der Waals surface area contributed by atoms with Gasteiger partial charge < -0.3 is 20.4 Å². The van der Waals surface area contributed by atoms with Crippen molar-refractivity contribution in [3.8, 4) is 5.75 Å². The van der Waals surface area contributed by atoms with Crippen LogP contribution in [0.25, 0.3) is 16.4 Å². The van der Waals surface area contributed by atoms with Crippen LogP contribution in [-0.2, 0) is 4.79 Å². The third-order valence-corrected chi connectivity index (χ3v) is 6.23. The van der Waals surface area contributed by atoms with Gasteiger partial charge in [0.15, 0.2) is 17.1 Å². The van der Waals surface area contributed by atoms with Gasteiger partial charge in [-0.1, -0.05) is 30.3 Å². The lowest BCUT2D eigenvalue weighted by molar-refractivity contribution is -0.135. The first-order valence-corrected chi connectivity index (χ1v) is 10.8. The van der Waals surface area contributed by atoms with E-state index in [2.05, 4.69) is 44.6 Å². The number of piperidine rings is 1. The largest absolute Gasteiger partial charge is 0.505 e. The van der Waals surface area contributed by atoms with Gasteiger partial charge in [-0.2, -0.15) is 5.10 Å². The van der Waals surface area contributed by atoms with Crippen molar-refractivity contribution in [3.05, 3.63) is 66.1 Å². The number of rotatable bonds is 5. The molecule has 3 N–H and O–H groups in total. The number of fused-ring (bicyclic) bond motifs is 3. The van der Waals surface area contributed by atoms with Crippen LogP contribution < -0.4 is 10.2 Å². The van der Waals surface area contributed by atoms with Crippen LogP contribution in [0.1, 0.15) is 34.8 Å². The number of carbonyl (C=O) groups excluding carboxylic acids is 1. The van der Waals surface area contributed by atoms with Crippen molar-refractivity contribution < 1.29 is 19.8 Å². The lowest BCUT2D eigenvalue weighted by Crippen LogP contribution is -2.32. The van der Waals surface area contributed by atoms with Crippen LogP contribution in [0.15, 0.2) is 54.9 Å². The molecule has 0 spiro atoms. The Kier molecular flexibility index (Phi) is 5.29. The van der Waals surface area contributed by atoms with Crippen LogP contribution in [0.3, 0.4) is 0 Å². The number of aliphatic carboxylic acids is 1. The summed E-state index contributed by atoms with van der Waals surface area (Å²) in [6, 6.07) is 16.2. The molecule has 3 heterocycles. The maximum absolute atomic E-state index is 12.6. The highest BCUT2D eigenvalue weighted by Gasteiger charge is 2.24. The molecule has 0 bridgehead atoms. The van der Waals surface area contributed by atoms with E-state index in [4.69, 9.17) is 5.11 Å². The fourth-order valence-corrected chi connectivity index (χ4v) is 4.58. The average Bonchev–Trinajstić information content (AvgIpc) is 3.33. The van der Waals surface area contributed by atoms with Crippen molar-refractivity contribution in [3.63, 3.8) is 0 Å². The maximum Gasteiger partial charge on any atom is 0.322 e. The zero-order valence-corrected chi connectivity index (χ0v) is 17.8. The molecule has 9 nitrogen and oxygen atoms in total. The van der Waals surface area contributed by atoms with E-state index in [0.717, 1.165) is 31.6 Å². The quantitative estimate of drug-likeness (QED) is 0.432. The average molecular weight is 445 g/mol. The predicted octanol–water partition coefficient (Wildman–Crippen LogP) is 2.79. The van der Waals surface area contributed by atoms with Gasteiger partial charge in [-0.15, -0.1) is 0 Å². The first-order valence-electron chi connectivity index (χ1n) is 10.8. The number of carbonyl (C=O) groups is 2. The second-order valence-electron chi connectivity index (χ2n) is 8.17. The van der Waals surface area contributed by atoms with Gasteiger partial charge in [0.05, 0.1) is 0 Å². The minimum atomic E-state index is -1.18. The van der Waals surface area contributed by atoms with Gasteiger partial charge >= 0.3 is 5.97 Å². The molecular weight excluding hydrogens is 422 g/mol. The number of benzene rings is 2. The second-order valence-corrected chi connectivity index (χ2v) is 8.17. The summed E-state index contributed by atoms with van der Waals surface area (Å²) >= 11 is 0. The highest BCUT2D eigenvalue weighted by Crippen LogP contribution is 2.36. The molecule has 1 saturated heterocycles. The third kappa shape index (κ3) is 3.82. The van der Waals surface area contributed by atoms with Crippen LogP contribution in [0.5, 0.6) is 5.75 Å². The minimum Gasteiger partial charge on any atom is -0.505 e. The number of hydrogen-bond donors (Lipinski definition) is 3. The second kappa shape index (κ2) is 8.42. The summed E-state index contributed by atoms with van der Waals surface area (Å²) < 4.78 is 1.25. The maximum atomic E-state index is 12.6. The van der Waals surface area contributed by atoms with Crippen LogP contribution in [0, 0.1) is 0 Å². The molecule has 4 aromatic rings. The Morgan fingerprint density at radius 1 is 1.06 bits per heavy atom. The Morgan fingerprint density at radius 3 is 2.55 bits per heavy atom. The molecule has 1 fully saturated rings. The van der Waals surface area contributed by atoms with Crippen molar-refractivity contribution in [1.82, 2.24) is 19.9 Å². The zero-order valence-electron chi connectivity index (χ0n) is 17.8. The number of carboxylic acid groups (broad SMARTS) is 1. The van der Waals surface area contributed by atoms with E-state index >= 15 is 0 Å². The molecule has 5 rings (SSSR count). The van der Waals surface area contributed by atoms with E-state index in [1.807, 2.05) is 18.2 Å². The van der Waals surface area contributed by atoms with Crippen molar-refractivity contribution in [2.75, 3.05) is 24.5 Å². The van der Waals surface area contributed by atoms with Crippen molar-refractivity contribution >= 4 is 34.0 Å². The summed E-state index contributed by atoms with van der Waals surface area (Å²) in [5.74, 6) is -1.64. The molecule has 33 heavy (non-hydrogen) atoms. The Bertz CT molecular complexity index is 1340. The molecule has 0 radical (unpaired) electrons. The lowest BCUT2D eigenvalue weighted by Gasteiger charge is -2.34. The van der Waals surface area contributed by atoms with Gasteiger partial charge in [0.25, 0.3) is 5.91 Å². The van der Waals surface area contributed by atoms with Crippen LogP contribution in [0.4, 0.5) is 5.69 Å². The van der Waals surface area contributed by atoms with Gasteiger partial charge in [-0.05, 0) is 42.5 Å². The van der Waals surface area contributed by atoms with Crippen molar-refractivity contribution in [2.45, 2.75) is 18.8 Å². The van der Waals surface area contributed by atoms with E-state index < -0.39 is 18.4 Å². The standard InChI is InChI=1S/C24H23N5O4/c30-20(31)13-25-24(33)21-22(32)18-7-6-17(12-19(18)23-26-14-27-29(21)23)28-10-8-16(9-11-28)15-4-2-1-3-5-15/h1-7,12,14,16,32H,8-11,13H2,(H,25,33)(H,30,31). The van der Waals surface area contributed by atoms with Gasteiger partial charge in [-0.25, -0.2) is 9.50 Å². The van der Waals surface area contributed by atoms with Crippen molar-refractivity contribution in [2.24, 2.45) is 0 Å². The van der Waals surface area contributed by atoms with E-state index in [0.29, 0.717) is 22.3 Å². The number of aromatic nitrogens is 3. The topological polar surface area (TPSA) is 120 Å². The summed E-state index contributed by atoms with van der Waals surface area (Å²) in [5, 5.41) is 27.2. The van der Waals surface area contributed by atoms with Gasteiger partial charge in [0.1, 0.15) is 12.9 Å². The Morgan fingerprint density at radius 2 is 1.82 bits per heavy atom. The molecule has 0 saturated carbocycles. The molecule has 0 aliphatic carbocycles. The smallest absolute Gasteiger partial charge is 0.322 e. The number of hydrogen-bond acceptors (Lipinski definition) is 6. The highest BCUT2D eigenvalue weighted by atomic mass is 16.4. The number of anilines is 1. The van der Waals surface area contributed by atoms with E-state index in [1.54, 1.807) is 6.07 Å². The third-order valence-electron chi connectivity index (χ3n) is 6.23. The number of carboxylic acids is 1. The number of amides is 1. The fraction of sp³-hybridized carbons (Fsp3) is 0.250.